The van der Waals surface area contributed by atoms with Crippen LogP contribution >= 0.6 is 11.6 Å². The van der Waals surface area contributed by atoms with E-state index in [9.17, 15) is 13.6 Å². The van der Waals surface area contributed by atoms with Crippen molar-refractivity contribution in [3.05, 3.63) is 35.0 Å². The number of ether oxygens (including phenoxy) is 1. The quantitative estimate of drug-likeness (QED) is 0.849. The first-order valence-electron chi connectivity index (χ1n) is 6.92. The largest absolute Gasteiger partial charge is 0.369 e. The molecule has 0 N–H and O–H groups in total. The van der Waals surface area contributed by atoms with Crippen molar-refractivity contribution in [3.63, 3.8) is 0 Å². The minimum atomic E-state index is -2.61. The minimum absolute atomic E-state index is 0.0995. The molecule has 1 fully saturated rings. The Labute approximate surface area is 131 Å². The van der Waals surface area contributed by atoms with Gasteiger partial charge in [0, 0.05) is 24.5 Å². The first-order chi connectivity index (χ1) is 10.5. The molecule has 1 aromatic carbocycles. The molecule has 0 aliphatic carbocycles. The molecule has 0 radical (unpaired) electrons. The van der Waals surface area contributed by atoms with Crippen LogP contribution in [0.2, 0.25) is 5.02 Å². The lowest BCUT2D eigenvalue weighted by atomic mass is 10.2. The molecule has 7 heteroatoms. The summed E-state index contributed by atoms with van der Waals surface area (Å²) in [5, 5.41) is 1.12. The van der Waals surface area contributed by atoms with Crippen LogP contribution in [0.4, 0.5) is 8.78 Å². The number of carbonyl (C=O) groups excluding carboxylic acids is 1. The molecule has 1 aromatic heterocycles. The molecule has 0 spiro atoms. The molecule has 1 unspecified atom stereocenters. The molecule has 4 nitrogen and oxygen atoms in total. The standard InChI is InChI=1S/C15H15ClF2N2O2/c1-19-10-5-3-2-4-9(10)12(16)13(19)15(21)20-6-7-22-11(8-20)14(17)18/h2-5,11,14H,6-8H2,1H3. The molecule has 1 aliphatic rings. The fourth-order valence-corrected chi connectivity index (χ4v) is 3.11. The fraction of sp³-hybridized carbons (Fsp3) is 0.400. The number of hydrogen-bond acceptors (Lipinski definition) is 2. The lowest BCUT2D eigenvalue weighted by molar-refractivity contribution is -0.0943. The summed E-state index contributed by atoms with van der Waals surface area (Å²) in [4.78, 5) is 14.1. The van der Waals surface area contributed by atoms with Crippen LogP contribution in [-0.4, -0.2) is 47.6 Å². The summed E-state index contributed by atoms with van der Waals surface area (Å²) in [5.41, 5.74) is 1.15. The van der Waals surface area contributed by atoms with Crippen molar-refractivity contribution >= 4 is 28.4 Å². The predicted molar refractivity (Wildman–Crippen MR) is 79.6 cm³/mol. The molecule has 3 rings (SSSR count). The van der Waals surface area contributed by atoms with Gasteiger partial charge >= 0.3 is 0 Å². The van der Waals surface area contributed by atoms with Crippen molar-refractivity contribution < 1.29 is 18.3 Å². The monoisotopic (exact) mass is 328 g/mol. The third-order valence-corrected chi connectivity index (χ3v) is 4.29. The highest BCUT2D eigenvalue weighted by Crippen LogP contribution is 2.31. The molecule has 1 atom stereocenters. The molecular weight excluding hydrogens is 314 g/mol. The average Bonchev–Trinajstić information content (AvgIpc) is 2.79. The van der Waals surface area contributed by atoms with E-state index in [1.54, 1.807) is 11.6 Å². The van der Waals surface area contributed by atoms with Crippen LogP contribution in [0.15, 0.2) is 24.3 Å². The van der Waals surface area contributed by atoms with Crippen LogP contribution in [0.25, 0.3) is 10.9 Å². The lowest BCUT2D eigenvalue weighted by Gasteiger charge is -2.32. The first kappa shape index (κ1) is 15.2. The van der Waals surface area contributed by atoms with Gasteiger partial charge in [0.25, 0.3) is 12.3 Å². The van der Waals surface area contributed by atoms with E-state index < -0.39 is 12.5 Å². The van der Waals surface area contributed by atoms with Gasteiger partial charge < -0.3 is 14.2 Å². The number of rotatable bonds is 2. The highest BCUT2D eigenvalue weighted by Gasteiger charge is 2.33. The van der Waals surface area contributed by atoms with Gasteiger partial charge in [-0.2, -0.15) is 0 Å². The number of fused-ring (bicyclic) bond motifs is 1. The van der Waals surface area contributed by atoms with Crippen molar-refractivity contribution in [1.82, 2.24) is 9.47 Å². The second kappa shape index (κ2) is 5.85. The number of halogens is 3. The number of benzene rings is 1. The van der Waals surface area contributed by atoms with E-state index in [-0.39, 0.29) is 25.6 Å². The van der Waals surface area contributed by atoms with E-state index in [1.165, 1.54) is 4.90 Å². The van der Waals surface area contributed by atoms with Gasteiger partial charge in [-0.25, -0.2) is 8.78 Å². The fourth-order valence-electron chi connectivity index (χ4n) is 2.75. The third-order valence-electron chi connectivity index (χ3n) is 3.91. The zero-order chi connectivity index (χ0) is 15.9. The van der Waals surface area contributed by atoms with E-state index in [0.29, 0.717) is 10.7 Å². The number of para-hydroxylation sites is 1. The molecule has 2 heterocycles. The van der Waals surface area contributed by atoms with Crippen molar-refractivity contribution in [2.45, 2.75) is 12.5 Å². The van der Waals surface area contributed by atoms with Gasteiger partial charge in [-0.05, 0) is 6.07 Å². The summed E-state index contributed by atoms with van der Waals surface area (Å²) >= 11 is 6.33. The third kappa shape index (κ3) is 2.46. The molecule has 118 valence electrons. The normalized spacial score (nSPS) is 19.1. The van der Waals surface area contributed by atoms with Crippen LogP contribution in [0.3, 0.4) is 0 Å². The van der Waals surface area contributed by atoms with E-state index in [2.05, 4.69) is 0 Å². The Bertz CT molecular complexity index is 678. The predicted octanol–water partition coefficient (Wildman–Crippen LogP) is 2.94. The van der Waals surface area contributed by atoms with Crippen molar-refractivity contribution in [1.29, 1.82) is 0 Å². The maximum absolute atomic E-state index is 12.8. The Balaban J connectivity index is 1.95. The molecule has 1 aliphatic heterocycles. The number of amides is 1. The Hall–Kier alpha value is -1.66. The van der Waals surface area contributed by atoms with Gasteiger partial charge in [0.05, 0.1) is 18.2 Å². The van der Waals surface area contributed by atoms with Crippen LogP contribution in [0, 0.1) is 0 Å². The Morgan fingerprint density at radius 1 is 1.41 bits per heavy atom. The zero-order valence-corrected chi connectivity index (χ0v) is 12.7. The lowest BCUT2D eigenvalue weighted by Crippen LogP contribution is -2.48. The van der Waals surface area contributed by atoms with E-state index in [0.717, 1.165) is 10.9 Å². The number of hydrogen-bond donors (Lipinski definition) is 0. The smallest absolute Gasteiger partial charge is 0.272 e. The summed E-state index contributed by atoms with van der Waals surface area (Å²) in [6.07, 6.45) is -3.86. The summed E-state index contributed by atoms with van der Waals surface area (Å²) in [6, 6.07) is 7.38. The summed E-state index contributed by atoms with van der Waals surface area (Å²) in [7, 11) is 1.74. The second-order valence-corrected chi connectivity index (χ2v) is 5.61. The van der Waals surface area contributed by atoms with Crippen molar-refractivity contribution in [2.24, 2.45) is 7.05 Å². The van der Waals surface area contributed by atoms with Crippen LogP contribution in [-0.2, 0) is 11.8 Å². The number of aryl methyl sites for hydroxylation is 1. The molecule has 0 bridgehead atoms. The van der Waals surface area contributed by atoms with Gasteiger partial charge in [0.1, 0.15) is 11.8 Å². The number of alkyl halides is 2. The van der Waals surface area contributed by atoms with Crippen LogP contribution in [0.1, 0.15) is 10.5 Å². The number of nitrogens with zero attached hydrogens (tertiary/aromatic N) is 2. The maximum Gasteiger partial charge on any atom is 0.272 e. The van der Waals surface area contributed by atoms with Crippen LogP contribution < -0.4 is 0 Å². The number of morpholine rings is 1. The first-order valence-corrected chi connectivity index (χ1v) is 7.30. The van der Waals surface area contributed by atoms with Gasteiger partial charge in [-0.3, -0.25) is 4.79 Å². The summed E-state index contributed by atoms with van der Waals surface area (Å²) in [6.45, 7) is 0.247. The van der Waals surface area contributed by atoms with E-state index in [4.69, 9.17) is 16.3 Å². The second-order valence-electron chi connectivity index (χ2n) is 5.23. The van der Waals surface area contributed by atoms with Gasteiger partial charge in [-0.1, -0.05) is 29.8 Å². The van der Waals surface area contributed by atoms with E-state index >= 15 is 0 Å². The van der Waals surface area contributed by atoms with Crippen molar-refractivity contribution in [3.8, 4) is 0 Å². The Morgan fingerprint density at radius 2 is 2.14 bits per heavy atom. The van der Waals surface area contributed by atoms with Gasteiger partial charge in [0.2, 0.25) is 0 Å². The topological polar surface area (TPSA) is 34.5 Å². The summed E-state index contributed by atoms with van der Waals surface area (Å²) < 4.78 is 32.3. The minimum Gasteiger partial charge on any atom is -0.369 e. The number of aromatic nitrogens is 1. The molecule has 1 saturated heterocycles. The van der Waals surface area contributed by atoms with Gasteiger partial charge in [0.15, 0.2) is 0 Å². The Kier molecular flexibility index (Phi) is 4.06. The van der Waals surface area contributed by atoms with Crippen LogP contribution in [0.5, 0.6) is 0 Å². The highest BCUT2D eigenvalue weighted by molar-refractivity contribution is 6.38. The highest BCUT2D eigenvalue weighted by atomic mass is 35.5. The Morgan fingerprint density at radius 3 is 2.82 bits per heavy atom. The zero-order valence-electron chi connectivity index (χ0n) is 11.9. The average molecular weight is 329 g/mol. The maximum atomic E-state index is 12.8. The molecule has 1 amide bonds. The summed E-state index contributed by atoms with van der Waals surface area (Å²) in [5.74, 6) is -0.349. The van der Waals surface area contributed by atoms with Crippen molar-refractivity contribution in [2.75, 3.05) is 19.7 Å². The molecule has 2 aromatic rings. The molecule has 0 saturated carbocycles. The SMILES string of the molecule is Cn1c(C(=O)N2CCOC(C(F)F)C2)c(Cl)c2ccccc21. The van der Waals surface area contributed by atoms with E-state index in [1.807, 2.05) is 24.3 Å². The van der Waals surface area contributed by atoms with Gasteiger partial charge in [-0.15, -0.1) is 0 Å². The number of carbonyl (C=O) groups is 1. The molecular formula is C15H15ClF2N2O2. The molecule has 22 heavy (non-hydrogen) atoms.